The van der Waals surface area contributed by atoms with Gasteiger partial charge in [0.2, 0.25) is 0 Å². The molecule has 1 aliphatic rings. The minimum atomic E-state index is -0.358. The third kappa shape index (κ3) is 4.71. The van der Waals surface area contributed by atoms with Gasteiger partial charge in [-0.3, -0.25) is 0 Å². The fourth-order valence-electron chi connectivity index (χ4n) is 5.55. The Morgan fingerprint density at radius 3 is 2.46 bits per heavy atom. The molecule has 208 valence electrons. The van der Waals surface area contributed by atoms with Crippen molar-refractivity contribution >= 4 is 11.7 Å². The number of rotatable bonds is 6. The van der Waals surface area contributed by atoms with E-state index in [2.05, 4.69) is 72.4 Å². The van der Waals surface area contributed by atoms with E-state index in [9.17, 15) is 4.79 Å². The maximum absolute atomic E-state index is 14.3. The van der Waals surface area contributed by atoms with E-state index in [1.165, 1.54) is 0 Å². The highest BCUT2D eigenvalue weighted by Crippen LogP contribution is 2.39. The molecule has 41 heavy (non-hydrogen) atoms. The first kappa shape index (κ1) is 26.3. The molecule has 0 radical (unpaired) electrons. The number of carbonyl (C=O) groups is 1. The molecule has 8 nitrogen and oxygen atoms in total. The molecule has 6 rings (SSSR count). The second kappa shape index (κ2) is 10.9. The van der Waals surface area contributed by atoms with Crippen molar-refractivity contribution in [3.05, 3.63) is 119 Å². The summed E-state index contributed by atoms with van der Waals surface area (Å²) in [7, 11) is 3.19. The van der Waals surface area contributed by atoms with Gasteiger partial charge < -0.3 is 24.3 Å². The smallest absolute Gasteiger partial charge is 0.323 e. The molecule has 0 aliphatic carbocycles. The Balaban J connectivity index is 1.54. The lowest BCUT2D eigenvalue weighted by Crippen LogP contribution is -2.38. The van der Waals surface area contributed by atoms with Crippen molar-refractivity contribution in [1.82, 2.24) is 19.2 Å². The van der Waals surface area contributed by atoms with Crippen LogP contribution in [0.5, 0.6) is 11.5 Å². The minimum Gasteiger partial charge on any atom is -0.497 e. The maximum Gasteiger partial charge on any atom is 0.323 e. The van der Waals surface area contributed by atoms with Crippen LogP contribution in [-0.4, -0.2) is 39.5 Å². The Bertz CT molecular complexity index is 1690. The van der Waals surface area contributed by atoms with Gasteiger partial charge in [0.15, 0.2) is 0 Å². The van der Waals surface area contributed by atoms with Crippen molar-refractivity contribution in [2.24, 2.45) is 0 Å². The van der Waals surface area contributed by atoms with Crippen LogP contribution in [-0.2, 0) is 13.0 Å². The lowest BCUT2D eigenvalue weighted by atomic mass is 10.0. The number of nitrogens with zero attached hydrogens (tertiary/aromatic N) is 4. The number of methoxy groups -OCH3 is 2. The number of hydrogen-bond acceptors (Lipinski definition) is 4. The zero-order valence-electron chi connectivity index (χ0n) is 23.7. The van der Waals surface area contributed by atoms with Crippen LogP contribution in [0.3, 0.4) is 0 Å². The van der Waals surface area contributed by atoms with Crippen LogP contribution in [0.15, 0.2) is 91.1 Å². The topological polar surface area (TPSA) is 73.6 Å². The summed E-state index contributed by atoms with van der Waals surface area (Å²) in [4.78, 5) is 16.2. The number of hydrogen-bond donors (Lipinski definition) is 1. The molecule has 0 saturated heterocycles. The van der Waals surface area contributed by atoms with Crippen molar-refractivity contribution in [1.29, 1.82) is 0 Å². The van der Waals surface area contributed by atoms with Crippen molar-refractivity contribution in [3.8, 4) is 23.0 Å². The van der Waals surface area contributed by atoms with Gasteiger partial charge in [0.25, 0.3) is 0 Å². The van der Waals surface area contributed by atoms with Crippen LogP contribution < -0.4 is 14.8 Å². The monoisotopic (exact) mass is 547 g/mol. The highest BCUT2D eigenvalue weighted by molar-refractivity contribution is 5.92. The normalized spacial score (nSPS) is 14.1. The summed E-state index contributed by atoms with van der Waals surface area (Å²) in [6.07, 6.45) is 2.79. The predicted molar refractivity (Wildman–Crippen MR) is 159 cm³/mol. The molecule has 0 spiro atoms. The number of benzene rings is 3. The van der Waals surface area contributed by atoms with Gasteiger partial charge in [0, 0.05) is 17.8 Å². The van der Waals surface area contributed by atoms with Crippen LogP contribution >= 0.6 is 0 Å². The van der Waals surface area contributed by atoms with E-state index in [1.807, 2.05) is 33.8 Å². The number of nitrogens with one attached hydrogen (secondary N) is 1. The molecule has 5 aromatic rings. The molecule has 1 N–H and O–H groups in total. The standard InChI is InChI=1S/C33H33N5O3/c1-5-27-26-21-37(33(39)34-28-20-25(40-3)17-18-30(28)41-4)31(23-15-13-22(2)14-16-23)29-12-9-19-36(29)32(26)38(35-27)24-10-7-6-8-11-24/h6-20,31H,5,21H2,1-4H3,(H,34,39). The number of aromatic nitrogens is 3. The van der Waals surface area contributed by atoms with E-state index in [4.69, 9.17) is 14.6 Å². The van der Waals surface area contributed by atoms with E-state index in [-0.39, 0.29) is 12.1 Å². The fourth-order valence-corrected chi connectivity index (χ4v) is 5.55. The molecule has 3 aromatic carbocycles. The Morgan fingerprint density at radius 1 is 0.976 bits per heavy atom. The highest BCUT2D eigenvalue weighted by Gasteiger charge is 2.36. The van der Waals surface area contributed by atoms with E-state index >= 15 is 0 Å². The van der Waals surface area contributed by atoms with Gasteiger partial charge >= 0.3 is 6.03 Å². The summed E-state index contributed by atoms with van der Waals surface area (Å²) in [5.74, 6) is 2.12. The predicted octanol–water partition coefficient (Wildman–Crippen LogP) is 6.69. The highest BCUT2D eigenvalue weighted by atomic mass is 16.5. The molecule has 0 bridgehead atoms. The average molecular weight is 548 g/mol. The molecule has 2 aromatic heterocycles. The van der Waals surface area contributed by atoms with Gasteiger partial charge in [-0.05, 0) is 55.3 Å². The lowest BCUT2D eigenvalue weighted by Gasteiger charge is -2.31. The van der Waals surface area contributed by atoms with Crippen LogP contribution in [0.4, 0.5) is 10.5 Å². The van der Waals surface area contributed by atoms with Crippen molar-refractivity contribution in [3.63, 3.8) is 0 Å². The molecule has 1 aliphatic heterocycles. The van der Waals surface area contributed by atoms with Crippen LogP contribution in [0.1, 0.15) is 41.0 Å². The third-order valence-electron chi connectivity index (χ3n) is 7.61. The van der Waals surface area contributed by atoms with Crippen LogP contribution in [0.2, 0.25) is 0 Å². The second-order valence-electron chi connectivity index (χ2n) is 10.1. The first-order valence-corrected chi connectivity index (χ1v) is 13.7. The van der Waals surface area contributed by atoms with Gasteiger partial charge in [-0.1, -0.05) is 55.0 Å². The fraction of sp³-hybridized carbons (Fsp3) is 0.212. The van der Waals surface area contributed by atoms with E-state index < -0.39 is 0 Å². The molecule has 1 unspecified atom stereocenters. The number of anilines is 1. The van der Waals surface area contributed by atoms with E-state index in [0.717, 1.165) is 46.0 Å². The zero-order chi connectivity index (χ0) is 28.5. The number of aryl methyl sites for hydroxylation is 2. The van der Waals surface area contributed by atoms with Gasteiger partial charge in [-0.2, -0.15) is 5.10 Å². The van der Waals surface area contributed by atoms with Crippen molar-refractivity contribution in [2.75, 3.05) is 19.5 Å². The molecule has 8 heteroatoms. The van der Waals surface area contributed by atoms with Crippen LogP contribution in [0, 0.1) is 6.92 Å². The maximum atomic E-state index is 14.3. The van der Waals surface area contributed by atoms with Crippen molar-refractivity contribution in [2.45, 2.75) is 32.9 Å². The number of urea groups is 1. The van der Waals surface area contributed by atoms with Gasteiger partial charge in [0.05, 0.1) is 49.6 Å². The summed E-state index contributed by atoms with van der Waals surface area (Å²) in [6, 6.07) is 27.4. The van der Waals surface area contributed by atoms with E-state index in [0.29, 0.717) is 23.7 Å². The molecule has 0 fully saturated rings. The average Bonchev–Trinajstić information content (AvgIpc) is 3.59. The Morgan fingerprint density at radius 2 is 1.76 bits per heavy atom. The summed E-state index contributed by atoms with van der Waals surface area (Å²) in [5, 5.41) is 8.16. The van der Waals surface area contributed by atoms with Gasteiger partial charge in [-0.15, -0.1) is 0 Å². The minimum absolute atomic E-state index is 0.253. The number of ether oxygens (including phenoxy) is 2. The molecule has 2 amide bonds. The second-order valence-corrected chi connectivity index (χ2v) is 10.1. The summed E-state index contributed by atoms with van der Waals surface area (Å²) >= 11 is 0. The first-order valence-electron chi connectivity index (χ1n) is 13.7. The Kier molecular flexibility index (Phi) is 6.97. The summed E-state index contributed by atoms with van der Waals surface area (Å²) in [6.45, 7) is 4.53. The van der Waals surface area contributed by atoms with E-state index in [1.54, 1.807) is 32.4 Å². The van der Waals surface area contributed by atoms with Crippen LogP contribution in [0.25, 0.3) is 11.5 Å². The quantitative estimate of drug-likeness (QED) is 0.257. The summed E-state index contributed by atoms with van der Waals surface area (Å²) in [5.41, 5.74) is 6.61. The molecule has 3 heterocycles. The molecular formula is C33H33N5O3. The van der Waals surface area contributed by atoms with Gasteiger partial charge in [-0.25, -0.2) is 9.48 Å². The number of carbonyl (C=O) groups excluding carboxylic acids is 1. The molecule has 1 atom stereocenters. The molecule has 0 saturated carbocycles. The third-order valence-corrected chi connectivity index (χ3v) is 7.61. The van der Waals surface area contributed by atoms with Gasteiger partial charge in [0.1, 0.15) is 17.3 Å². The van der Waals surface area contributed by atoms with Crippen molar-refractivity contribution < 1.29 is 14.3 Å². The number of amides is 2. The molecular weight excluding hydrogens is 514 g/mol. The Hall–Kier alpha value is -4.98. The zero-order valence-corrected chi connectivity index (χ0v) is 23.7. The largest absolute Gasteiger partial charge is 0.497 e. The number of para-hydroxylation sites is 1. The SMILES string of the molecule is CCc1nn(-c2ccccc2)c2c1CN(C(=O)Nc1cc(OC)ccc1OC)C(c1ccc(C)cc1)c1cccn1-2. The summed E-state index contributed by atoms with van der Waals surface area (Å²) < 4.78 is 15.2. The lowest BCUT2D eigenvalue weighted by molar-refractivity contribution is 0.194. The number of fused-ring (bicyclic) bond motifs is 3. The first-order chi connectivity index (χ1) is 20.0. The Labute approximate surface area is 239 Å².